The third-order valence-electron chi connectivity index (χ3n) is 7.83. The molecular formula is C40H26O2S. The van der Waals surface area contributed by atoms with E-state index in [9.17, 15) is 0 Å². The van der Waals surface area contributed by atoms with Crippen LogP contribution in [0.1, 0.15) is 22.3 Å². The number of ether oxygens (including phenoxy) is 2. The van der Waals surface area contributed by atoms with E-state index in [1.54, 1.807) is 14.2 Å². The first-order valence-electron chi connectivity index (χ1n) is 14.0. The summed E-state index contributed by atoms with van der Waals surface area (Å²) in [5, 5.41) is 8.60. The van der Waals surface area contributed by atoms with Gasteiger partial charge in [0.05, 0.1) is 14.2 Å². The lowest BCUT2D eigenvalue weighted by molar-refractivity contribution is 0.415. The molecule has 0 atom stereocenters. The maximum atomic E-state index is 5.43. The Hall–Kier alpha value is -5.35. The van der Waals surface area contributed by atoms with E-state index in [0.29, 0.717) is 0 Å². The van der Waals surface area contributed by atoms with Crippen LogP contribution in [0.2, 0.25) is 0 Å². The van der Waals surface area contributed by atoms with E-state index in [1.165, 1.54) is 0 Å². The molecule has 0 fully saturated rings. The largest absolute Gasteiger partial charge is 0.497 e. The van der Waals surface area contributed by atoms with Crippen LogP contribution in [0.25, 0.3) is 43.1 Å². The summed E-state index contributed by atoms with van der Waals surface area (Å²) in [5.74, 6) is 15.8. The van der Waals surface area contributed by atoms with Crippen molar-refractivity contribution in [3.8, 4) is 35.2 Å². The van der Waals surface area contributed by atoms with Crippen LogP contribution in [0.3, 0.4) is 0 Å². The SMILES string of the molecule is COc1ccc2c(C#Cc3c4ccccc4c(C#Cc4cccc5cc(OC)ccc45)c4cc(S)ccc34)cccc2c1. The van der Waals surface area contributed by atoms with Crippen molar-refractivity contribution in [2.75, 3.05) is 14.2 Å². The van der Waals surface area contributed by atoms with Crippen LogP contribution in [-0.4, -0.2) is 14.2 Å². The molecule has 3 heteroatoms. The van der Waals surface area contributed by atoms with Crippen LogP contribution in [0, 0.1) is 23.7 Å². The minimum Gasteiger partial charge on any atom is -0.497 e. The van der Waals surface area contributed by atoms with Gasteiger partial charge in [0.1, 0.15) is 11.5 Å². The maximum Gasteiger partial charge on any atom is 0.119 e. The molecule has 43 heavy (non-hydrogen) atoms. The molecule has 0 spiro atoms. The third kappa shape index (κ3) is 4.91. The second-order valence-corrected chi connectivity index (χ2v) is 10.8. The monoisotopic (exact) mass is 570 g/mol. The highest BCUT2D eigenvalue weighted by atomic mass is 32.1. The minimum absolute atomic E-state index is 0.829. The zero-order valence-electron chi connectivity index (χ0n) is 23.7. The zero-order valence-corrected chi connectivity index (χ0v) is 24.6. The molecule has 0 radical (unpaired) electrons. The fourth-order valence-corrected chi connectivity index (χ4v) is 5.89. The molecule has 204 valence electrons. The number of thiol groups is 1. The Bertz CT molecular complexity index is 2350. The Morgan fingerprint density at radius 1 is 0.442 bits per heavy atom. The third-order valence-corrected chi connectivity index (χ3v) is 8.11. The van der Waals surface area contributed by atoms with Crippen molar-refractivity contribution in [1.82, 2.24) is 0 Å². The van der Waals surface area contributed by atoms with Gasteiger partial charge in [0.25, 0.3) is 0 Å². The van der Waals surface area contributed by atoms with Gasteiger partial charge in [-0.1, -0.05) is 78.3 Å². The molecule has 0 saturated heterocycles. The molecular weight excluding hydrogens is 545 g/mol. The molecule has 0 unspecified atom stereocenters. The minimum atomic E-state index is 0.829. The summed E-state index contributed by atoms with van der Waals surface area (Å²) in [6.45, 7) is 0. The van der Waals surface area contributed by atoms with Crippen LogP contribution in [0.4, 0.5) is 0 Å². The molecule has 0 aliphatic heterocycles. The van der Waals surface area contributed by atoms with Crippen molar-refractivity contribution in [2.24, 2.45) is 0 Å². The summed E-state index contributed by atoms with van der Waals surface area (Å²) in [4.78, 5) is 0.880. The summed E-state index contributed by atoms with van der Waals surface area (Å²) >= 11 is 4.70. The van der Waals surface area contributed by atoms with E-state index in [0.717, 1.165) is 81.7 Å². The van der Waals surface area contributed by atoms with Crippen molar-refractivity contribution in [3.63, 3.8) is 0 Å². The van der Waals surface area contributed by atoms with E-state index >= 15 is 0 Å². The van der Waals surface area contributed by atoms with Gasteiger partial charge in [0.15, 0.2) is 0 Å². The number of benzene rings is 7. The van der Waals surface area contributed by atoms with Crippen molar-refractivity contribution >= 4 is 55.7 Å². The van der Waals surface area contributed by atoms with Gasteiger partial charge in [0.2, 0.25) is 0 Å². The highest BCUT2D eigenvalue weighted by Gasteiger charge is 2.13. The average Bonchev–Trinajstić information content (AvgIpc) is 3.05. The van der Waals surface area contributed by atoms with Gasteiger partial charge in [-0.15, -0.1) is 12.6 Å². The van der Waals surface area contributed by atoms with Gasteiger partial charge in [-0.3, -0.25) is 0 Å². The van der Waals surface area contributed by atoms with Crippen LogP contribution in [-0.2, 0) is 0 Å². The lowest BCUT2D eigenvalue weighted by Gasteiger charge is -2.11. The predicted molar refractivity (Wildman–Crippen MR) is 182 cm³/mol. The molecule has 0 aromatic heterocycles. The smallest absolute Gasteiger partial charge is 0.119 e. The number of hydrogen-bond acceptors (Lipinski definition) is 3. The molecule has 0 amide bonds. The van der Waals surface area contributed by atoms with Crippen LogP contribution in [0.15, 0.2) is 120 Å². The quantitative estimate of drug-likeness (QED) is 0.127. The normalized spacial score (nSPS) is 10.8. The summed E-state index contributed by atoms with van der Waals surface area (Å²) in [6, 6.07) is 39.2. The van der Waals surface area contributed by atoms with E-state index in [-0.39, 0.29) is 0 Å². The Kier molecular flexibility index (Phi) is 6.88. The highest BCUT2D eigenvalue weighted by molar-refractivity contribution is 7.80. The second-order valence-electron chi connectivity index (χ2n) is 10.3. The predicted octanol–water partition coefficient (Wildman–Crippen LogP) is 9.40. The van der Waals surface area contributed by atoms with Gasteiger partial charge in [-0.05, 0) is 98.4 Å². The van der Waals surface area contributed by atoms with Crippen molar-refractivity contribution in [3.05, 3.63) is 138 Å². The molecule has 0 aliphatic carbocycles. The van der Waals surface area contributed by atoms with E-state index in [2.05, 4.69) is 96.5 Å². The zero-order chi connectivity index (χ0) is 29.3. The summed E-state index contributed by atoms with van der Waals surface area (Å²) < 4.78 is 10.9. The fraction of sp³-hybridized carbons (Fsp3) is 0.0500. The Morgan fingerprint density at radius 3 is 1.47 bits per heavy atom. The van der Waals surface area contributed by atoms with Gasteiger partial charge in [0, 0.05) is 32.5 Å². The average molecular weight is 571 g/mol. The topological polar surface area (TPSA) is 18.5 Å². The summed E-state index contributed by atoms with van der Waals surface area (Å²) in [6.07, 6.45) is 0. The molecule has 7 rings (SSSR count). The van der Waals surface area contributed by atoms with Crippen molar-refractivity contribution < 1.29 is 9.47 Å². The second kappa shape index (κ2) is 11.1. The molecule has 7 aromatic rings. The maximum absolute atomic E-state index is 5.43. The number of hydrogen-bond donors (Lipinski definition) is 1. The van der Waals surface area contributed by atoms with Gasteiger partial charge in [-0.25, -0.2) is 0 Å². The molecule has 0 saturated carbocycles. The van der Waals surface area contributed by atoms with Gasteiger partial charge < -0.3 is 9.47 Å². The van der Waals surface area contributed by atoms with Crippen LogP contribution in [0.5, 0.6) is 11.5 Å². The number of rotatable bonds is 2. The highest BCUT2D eigenvalue weighted by Crippen LogP contribution is 2.34. The molecule has 0 bridgehead atoms. The summed E-state index contributed by atoms with van der Waals surface area (Å²) in [7, 11) is 3.37. The number of fused-ring (bicyclic) bond motifs is 4. The van der Waals surface area contributed by atoms with Crippen molar-refractivity contribution in [2.45, 2.75) is 4.90 Å². The first kappa shape index (κ1) is 26.5. The molecule has 7 aromatic carbocycles. The first-order chi connectivity index (χ1) is 21.1. The van der Waals surface area contributed by atoms with Crippen LogP contribution < -0.4 is 9.47 Å². The Balaban J connectivity index is 1.44. The Labute approximate surface area is 256 Å². The van der Waals surface area contributed by atoms with E-state index in [4.69, 9.17) is 22.1 Å². The molecule has 0 heterocycles. The van der Waals surface area contributed by atoms with Gasteiger partial charge >= 0.3 is 0 Å². The lowest BCUT2D eigenvalue weighted by Crippen LogP contribution is -1.91. The fourth-order valence-electron chi connectivity index (χ4n) is 5.69. The lowest BCUT2D eigenvalue weighted by atomic mass is 9.91. The standard InChI is InChI=1S/C40H26O2S/c1-41-30-15-20-33-26(7-5-9-28(33)23-30)13-18-37-35-11-3-4-12-36(35)38(40-25-32(43)17-22-39(37)40)19-14-27-8-6-10-29-24-31(42-2)16-21-34(27)29/h3-12,15-17,20-25,43H,1-2H3. The molecule has 2 nitrogen and oxygen atoms in total. The Morgan fingerprint density at radius 2 is 0.930 bits per heavy atom. The summed E-state index contributed by atoms with van der Waals surface area (Å²) in [5.41, 5.74) is 3.89. The number of methoxy groups -OCH3 is 2. The van der Waals surface area contributed by atoms with Crippen molar-refractivity contribution in [1.29, 1.82) is 0 Å². The first-order valence-corrected chi connectivity index (χ1v) is 14.4. The molecule has 0 aliphatic rings. The molecule has 0 N–H and O–H groups in total. The van der Waals surface area contributed by atoms with E-state index < -0.39 is 0 Å². The van der Waals surface area contributed by atoms with Gasteiger partial charge in [-0.2, -0.15) is 0 Å². The van der Waals surface area contributed by atoms with Crippen LogP contribution >= 0.6 is 12.6 Å². The van der Waals surface area contributed by atoms with E-state index in [1.807, 2.05) is 42.5 Å².